The predicted molar refractivity (Wildman–Crippen MR) is 131 cm³/mol. The largest absolute Gasteiger partial charge is 0.507 e. The average Bonchev–Trinajstić information content (AvgIpc) is 2.70. The van der Waals surface area contributed by atoms with Gasteiger partial charge >= 0.3 is 0 Å². The fourth-order valence-electron chi connectivity index (χ4n) is 9.74. The molecular formula is C30H46O. The van der Waals surface area contributed by atoms with E-state index in [4.69, 9.17) is 0 Å². The van der Waals surface area contributed by atoms with E-state index in [1.54, 1.807) is 5.56 Å². The number of phenols is 1. The summed E-state index contributed by atoms with van der Waals surface area (Å²) >= 11 is 0. The SMILES string of the molecule is Cc1cc2c(c(C)c1O)CC[C@H]1[C@@]2(C)CC[C@@]2(C)[C@@H]3CC(C)(C)CC[C@]3(C)CC[C@]12C. The van der Waals surface area contributed by atoms with Gasteiger partial charge in [0.05, 0.1) is 0 Å². The Labute approximate surface area is 191 Å². The van der Waals surface area contributed by atoms with Crippen LogP contribution in [0.25, 0.3) is 0 Å². The molecule has 4 aliphatic carbocycles. The molecule has 1 nitrogen and oxygen atoms in total. The van der Waals surface area contributed by atoms with Crippen LogP contribution in [-0.2, 0) is 11.8 Å². The van der Waals surface area contributed by atoms with Crippen LogP contribution in [0, 0.1) is 47.3 Å². The first-order chi connectivity index (χ1) is 14.3. The molecule has 3 saturated carbocycles. The van der Waals surface area contributed by atoms with Crippen LogP contribution >= 0.6 is 0 Å². The van der Waals surface area contributed by atoms with Gasteiger partial charge in [-0.15, -0.1) is 0 Å². The summed E-state index contributed by atoms with van der Waals surface area (Å²) in [5, 5.41) is 10.6. The summed E-state index contributed by atoms with van der Waals surface area (Å²) in [6.07, 6.45) is 12.2. The van der Waals surface area contributed by atoms with E-state index in [9.17, 15) is 5.11 Å². The van der Waals surface area contributed by atoms with Crippen LogP contribution in [0.5, 0.6) is 5.75 Å². The van der Waals surface area contributed by atoms with Gasteiger partial charge in [-0.3, -0.25) is 0 Å². The van der Waals surface area contributed by atoms with Crippen molar-refractivity contribution in [3.63, 3.8) is 0 Å². The van der Waals surface area contributed by atoms with Gasteiger partial charge in [0.15, 0.2) is 0 Å². The van der Waals surface area contributed by atoms with Gasteiger partial charge in [-0.25, -0.2) is 0 Å². The number of aromatic hydroxyl groups is 1. The van der Waals surface area contributed by atoms with Gasteiger partial charge in [-0.2, -0.15) is 0 Å². The van der Waals surface area contributed by atoms with Gasteiger partial charge in [0.25, 0.3) is 0 Å². The number of rotatable bonds is 0. The molecule has 0 amide bonds. The maximum absolute atomic E-state index is 10.6. The van der Waals surface area contributed by atoms with E-state index in [0.29, 0.717) is 27.4 Å². The van der Waals surface area contributed by atoms with Crippen LogP contribution in [-0.4, -0.2) is 5.11 Å². The lowest BCUT2D eigenvalue weighted by Crippen LogP contribution is -2.65. The number of benzene rings is 1. The highest BCUT2D eigenvalue weighted by molar-refractivity contribution is 5.53. The number of hydrogen-bond acceptors (Lipinski definition) is 1. The Bertz CT molecular complexity index is 927. The Kier molecular flexibility index (Phi) is 4.46. The molecule has 6 atom stereocenters. The summed E-state index contributed by atoms with van der Waals surface area (Å²) in [5.74, 6) is 2.14. The molecule has 0 aliphatic heterocycles. The zero-order chi connectivity index (χ0) is 22.6. The summed E-state index contributed by atoms with van der Waals surface area (Å²) in [5.41, 5.74) is 7.42. The van der Waals surface area contributed by atoms with Crippen molar-refractivity contribution < 1.29 is 5.11 Å². The van der Waals surface area contributed by atoms with Crippen LogP contribution in [0.3, 0.4) is 0 Å². The standard InChI is InChI=1S/C30H46O/c1-19-17-22-21(20(2)25(19)31)9-10-23-28(22,6)14-16-30(8)24-18-26(3,4)11-12-27(24,5)13-15-29(23,30)7/h17,23-24,31H,9-16,18H2,1-8H3/t23-,24+,27+,28-,29+,30-/m0/s1. The molecule has 3 fully saturated rings. The molecule has 1 aromatic rings. The molecule has 0 unspecified atom stereocenters. The molecular weight excluding hydrogens is 376 g/mol. The monoisotopic (exact) mass is 422 g/mol. The molecule has 31 heavy (non-hydrogen) atoms. The quantitative estimate of drug-likeness (QED) is 0.446. The fourth-order valence-corrected chi connectivity index (χ4v) is 9.74. The Morgan fingerprint density at radius 3 is 2.13 bits per heavy atom. The molecule has 4 aliphatic rings. The second-order valence-corrected chi connectivity index (χ2v) is 14.1. The van der Waals surface area contributed by atoms with Gasteiger partial charge in [-0.05, 0) is 133 Å². The fraction of sp³-hybridized carbons (Fsp3) is 0.800. The number of fused-ring (bicyclic) bond motifs is 7. The minimum absolute atomic E-state index is 0.253. The lowest BCUT2D eigenvalue weighted by molar-refractivity contribution is -0.209. The molecule has 0 bridgehead atoms. The van der Waals surface area contributed by atoms with Gasteiger partial charge in [0.2, 0.25) is 0 Å². The molecule has 1 N–H and O–H groups in total. The highest BCUT2D eigenvalue weighted by Crippen LogP contribution is 2.75. The van der Waals surface area contributed by atoms with Crippen molar-refractivity contribution in [2.24, 2.45) is 33.5 Å². The molecule has 0 saturated heterocycles. The summed E-state index contributed by atoms with van der Waals surface area (Å²) < 4.78 is 0. The highest BCUT2D eigenvalue weighted by Gasteiger charge is 2.67. The van der Waals surface area contributed by atoms with Crippen molar-refractivity contribution in [1.29, 1.82) is 0 Å². The second kappa shape index (κ2) is 6.32. The van der Waals surface area contributed by atoms with Crippen molar-refractivity contribution in [3.8, 4) is 5.75 Å². The van der Waals surface area contributed by atoms with Crippen LogP contribution in [0.2, 0.25) is 0 Å². The molecule has 0 heterocycles. The number of hydrogen-bond donors (Lipinski definition) is 1. The third-order valence-electron chi connectivity index (χ3n) is 12.1. The Balaban J connectivity index is 1.62. The second-order valence-electron chi connectivity index (χ2n) is 14.1. The Morgan fingerprint density at radius 1 is 0.806 bits per heavy atom. The normalized spacial score (nSPS) is 45.8. The molecule has 1 heteroatoms. The maximum Gasteiger partial charge on any atom is 0.121 e. The summed E-state index contributed by atoms with van der Waals surface area (Å²) in [6, 6.07) is 2.37. The topological polar surface area (TPSA) is 20.2 Å². The van der Waals surface area contributed by atoms with E-state index in [-0.39, 0.29) is 5.41 Å². The van der Waals surface area contributed by atoms with Gasteiger partial charge in [-0.1, -0.05) is 47.6 Å². The van der Waals surface area contributed by atoms with E-state index in [1.165, 1.54) is 56.9 Å². The van der Waals surface area contributed by atoms with E-state index in [1.807, 2.05) is 0 Å². The van der Waals surface area contributed by atoms with Crippen LogP contribution < -0.4 is 0 Å². The lowest BCUT2D eigenvalue weighted by atomic mass is 9.32. The summed E-state index contributed by atoms with van der Waals surface area (Å²) in [6.45, 7) is 20.0. The number of phenolic OH excluding ortho intramolecular Hbond substituents is 1. The lowest BCUT2D eigenvalue weighted by Gasteiger charge is -2.72. The van der Waals surface area contributed by atoms with Crippen molar-refractivity contribution >= 4 is 0 Å². The first-order valence-electron chi connectivity index (χ1n) is 13.1. The van der Waals surface area contributed by atoms with Gasteiger partial charge < -0.3 is 5.11 Å². The Hall–Kier alpha value is -0.980. The van der Waals surface area contributed by atoms with Gasteiger partial charge in [0.1, 0.15) is 5.75 Å². The molecule has 5 rings (SSSR count). The smallest absolute Gasteiger partial charge is 0.121 e. The number of aryl methyl sites for hydroxylation is 1. The van der Waals surface area contributed by atoms with E-state index >= 15 is 0 Å². The van der Waals surface area contributed by atoms with Gasteiger partial charge in [0, 0.05) is 0 Å². The van der Waals surface area contributed by atoms with E-state index in [0.717, 1.165) is 29.4 Å². The maximum atomic E-state index is 10.6. The first-order valence-corrected chi connectivity index (χ1v) is 13.1. The van der Waals surface area contributed by atoms with Crippen molar-refractivity contribution in [1.82, 2.24) is 0 Å². The molecule has 172 valence electrons. The third kappa shape index (κ3) is 2.67. The minimum Gasteiger partial charge on any atom is -0.507 e. The summed E-state index contributed by atoms with van der Waals surface area (Å²) in [4.78, 5) is 0. The van der Waals surface area contributed by atoms with Crippen LogP contribution in [0.1, 0.15) is 115 Å². The zero-order valence-corrected chi connectivity index (χ0v) is 21.5. The molecule has 0 radical (unpaired) electrons. The van der Waals surface area contributed by atoms with E-state index < -0.39 is 0 Å². The van der Waals surface area contributed by atoms with E-state index in [2.05, 4.69) is 61.5 Å². The van der Waals surface area contributed by atoms with Crippen LogP contribution in [0.4, 0.5) is 0 Å². The van der Waals surface area contributed by atoms with Crippen molar-refractivity contribution in [2.45, 2.75) is 119 Å². The first kappa shape index (κ1) is 21.8. The van der Waals surface area contributed by atoms with Crippen LogP contribution in [0.15, 0.2) is 6.07 Å². The average molecular weight is 423 g/mol. The molecule has 0 spiro atoms. The van der Waals surface area contributed by atoms with Crippen molar-refractivity contribution in [3.05, 3.63) is 28.3 Å². The third-order valence-corrected chi connectivity index (χ3v) is 12.1. The predicted octanol–water partition coefficient (Wildman–Crippen LogP) is 8.26. The molecule has 1 aromatic carbocycles. The Morgan fingerprint density at radius 2 is 1.42 bits per heavy atom. The highest BCUT2D eigenvalue weighted by atomic mass is 16.3. The zero-order valence-electron chi connectivity index (χ0n) is 21.5. The molecule has 0 aromatic heterocycles. The van der Waals surface area contributed by atoms with Crippen molar-refractivity contribution in [2.75, 3.05) is 0 Å². The summed E-state index contributed by atoms with van der Waals surface area (Å²) in [7, 11) is 0. The minimum atomic E-state index is 0.253.